The Labute approximate surface area is 506 Å². The van der Waals surface area contributed by atoms with Crippen molar-refractivity contribution in [3.05, 3.63) is 36.5 Å². The molecule has 0 radical (unpaired) electrons. The van der Waals surface area contributed by atoms with Gasteiger partial charge < -0.3 is 14.2 Å². The Kier molecular flexibility index (Phi) is 68.1. The van der Waals surface area contributed by atoms with E-state index in [1.165, 1.54) is 302 Å². The van der Waals surface area contributed by atoms with Crippen molar-refractivity contribution in [2.24, 2.45) is 0 Å². The quantitative estimate of drug-likeness (QED) is 0.0261. The normalized spacial score (nSPS) is 12.2. The van der Waals surface area contributed by atoms with Crippen LogP contribution >= 0.6 is 0 Å². The zero-order chi connectivity index (χ0) is 58.5. The van der Waals surface area contributed by atoms with Gasteiger partial charge in [0.1, 0.15) is 13.2 Å². The first-order valence-corrected chi connectivity index (χ1v) is 36.5. The standard InChI is InChI=1S/C75H140O6/c1-4-7-10-13-16-19-22-25-27-29-31-32-33-34-35-36-37-38-39-40-41-42-43-44-45-47-48-50-53-56-59-62-65-68-74(77)80-71-72(70-79-73(76)67-64-61-58-55-52-24-21-18-15-12-9-6-3)81-75(78)69-66-63-60-57-54-51-49-46-30-28-26-23-20-17-14-11-8-5-2/h22,25,28-31,72H,4-21,23-24,26-27,32-71H2,1-3H3/b25-22-,30-28-,31-29-. The summed E-state index contributed by atoms with van der Waals surface area (Å²) < 4.78 is 17.0. The van der Waals surface area contributed by atoms with Crippen LogP contribution in [0.2, 0.25) is 0 Å². The number of ether oxygens (including phenoxy) is 3. The highest BCUT2D eigenvalue weighted by molar-refractivity contribution is 5.71. The summed E-state index contributed by atoms with van der Waals surface area (Å²) in [5.74, 6) is -0.842. The van der Waals surface area contributed by atoms with E-state index in [2.05, 4.69) is 57.2 Å². The number of hydrogen-bond acceptors (Lipinski definition) is 6. The third-order valence-electron chi connectivity index (χ3n) is 16.6. The SMILES string of the molecule is CCCCCCC/C=C\C/C=C\CCCCCCCCCCCCCCCCCCCCCCCC(=O)OCC(COC(=O)CCCCCCCCCCCCCC)OC(=O)CCCCCCCCC/C=C\CCCCCCCCC. The maximum Gasteiger partial charge on any atom is 0.306 e. The highest BCUT2D eigenvalue weighted by atomic mass is 16.6. The lowest BCUT2D eigenvalue weighted by Gasteiger charge is -2.18. The van der Waals surface area contributed by atoms with Crippen LogP contribution < -0.4 is 0 Å². The van der Waals surface area contributed by atoms with E-state index in [-0.39, 0.29) is 31.1 Å². The molecule has 0 aromatic rings. The van der Waals surface area contributed by atoms with Gasteiger partial charge in [0, 0.05) is 19.3 Å². The van der Waals surface area contributed by atoms with Crippen molar-refractivity contribution in [1.29, 1.82) is 0 Å². The Bertz CT molecular complexity index is 1350. The van der Waals surface area contributed by atoms with E-state index in [1.807, 2.05) is 0 Å². The summed E-state index contributed by atoms with van der Waals surface area (Å²) in [6.45, 7) is 6.69. The van der Waals surface area contributed by atoms with Crippen molar-refractivity contribution in [2.75, 3.05) is 13.2 Å². The molecule has 0 fully saturated rings. The van der Waals surface area contributed by atoms with E-state index < -0.39 is 6.10 Å². The summed E-state index contributed by atoms with van der Waals surface area (Å²) in [5, 5.41) is 0. The molecule has 0 heterocycles. The van der Waals surface area contributed by atoms with Crippen LogP contribution in [0.4, 0.5) is 0 Å². The zero-order valence-corrected chi connectivity index (χ0v) is 54.8. The van der Waals surface area contributed by atoms with Crippen LogP contribution in [0.25, 0.3) is 0 Å². The van der Waals surface area contributed by atoms with E-state index >= 15 is 0 Å². The summed E-state index contributed by atoms with van der Waals surface area (Å²) >= 11 is 0. The Morgan fingerprint density at radius 1 is 0.247 bits per heavy atom. The van der Waals surface area contributed by atoms with Crippen molar-refractivity contribution < 1.29 is 28.6 Å². The minimum atomic E-state index is -0.771. The van der Waals surface area contributed by atoms with Crippen LogP contribution in [0, 0.1) is 0 Å². The van der Waals surface area contributed by atoms with Crippen LogP contribution in [0.1, 0.15) is 406 Å². The van der Waals surface area contributed by atoms with Crippen molar-refractivity contribution >= 4 is 17.9 Å². The summed E-state index contributed by atoms with van der Waals surface area (Å²) in [6, 6.07) is 0. The maximum absolute atomic E-state index is 12.9. The van der Waals surface area contributed by atoms with Gasteiger partial charge in [-0.1, -0.05) is 346 Å². The van der Waals surface area contributed by atoms with Gasteiger partial charge in [-0.05, 0) is 77.0 Å². The Morgan fingerprint density at radius 2 is 0.444 bits per heavy atom. The molecule has 81 heavy (non-hydrogen) atoms. The second-order valence-corrected chi connectivity index (χ2v) is 24.9. The number of rotatable bonds is 68. The number of carbonyl (C=O) groups excluding carboxylic acids is 3. The average Bonchev–Trinajstić information content (AvgIpc) is 3.47. The molecule has 0 bridgehead atoms. The molecular weight excluding hydrogens is 997 g/mol. The first kappa shape index (κ1) is 78.6. The van der Waals surface area contributed by atoms with Crippen LogP contribution in [-0.4, -0.2) is 37.2 Å². The lowest BCUT2D eigenvalue weighted by Crippen LogP contribution is -2.30. The van der Waals surface area contributed by atoms with Gasteiger partial charge in [-0.15, -0.1) is 0 Å². The maximum atomic E-state index is 12.9. The minimum absolute atomic E-state index is 0.0675. The summed E-state index contributed by atoms with van der Waals surface area (Å²) in [4.78, 5) is 38.4. The van der Waals surface area contributed by atoms with Crippen LogP contribution in [-0.2, 0) is 28.6 Å². The molecule has 0 N–H and O–H groups in total. The summed E-state index contributed by atoms with van der Waals surface area (Å²) in [6.07, 6.45) is 87.6. The fraction of sp³-hybridized carbons (Fsp3) is 0.880. The lowest BCUT2D eigenvalue weighted by atomic mass is 10.0. The molecule has 6 heteroatoms. The van der Waals surface area contributed by atoms with Crippen LogP contribution in [0.15, 0.2) is 36.5 Å². The topological polar surface area (TPSA) is 78.9 Å². The molecule has 6 nitrogen and oxygen atoms in total. The molecule has 476 valence electrons. The molecule has 1 atom stereocenters. The Morgan fingerprint density at radius 3 is 0.691 bits per heavy atom. The van der Waals surface area contributed by atoms with Crippen molar-refractivity contribution in [3.63, 3.8) is 0 Å². The van der Waals surface area contributed by atoms with E-state index in [9.17, 15) is 14.4 Å². The van der Waals surface area contributed by atoms with Gasteiger partial charge >= 0.3 is 17.9 Å². The number of hydrogen-bond donors (Lipinski definition) is 0. The van der Waals surface area contributed by atoms with Crippen LogP contribution in [0.5, 0.6) is 0 Å². The molecule has 0 aliphatic rings. The third-order valence-corrected chi connectivity index (χ3v) is 16.6. The smallest absolute Gasteiger partial charge is 0.306 e. The molecular formula is C75H140O6. The molecule has 0 saturated carbocycles. The van der Waals surface area contributed by atoms with Gasteiger partial charge in [-0.3, -0.25) is 14.4 Å². The van der Waals surface area contributed by atoms with E-state index in [4.69, 9.17) is 14.2 Å². The highest BCUT2D eigenvalue weighted by Crippen LogP contribution is 2.19. The number of unbranched alkanes of at least 4 members (excludes halogenated alkanes) is 51. The van der Waals surface area contributed by atoms with Crippen molar-refractivity contribution in [3.8, 4) is 0 Å². The molecule has 0 rings (SSSR count). The minimum Gasteiger partial charge on any atom is -0.462 e. The van der Waals surface area contributed by atoms with Gasteiger partial charge in [0.2, 0.25) is 0 Å². The monoisotopic (exact) mass is 1140 g/mol. The largest absolute Gasteiger partial charge is 0.462 e. The van der Waals surface area contributed by atoms with Crippen molar-refractivity contribution in [2.45, 2.75) is 412 Å². The van der Waals surface area contributed by atoms with Gasteiger partial charge in [0.05, 0.1) is 0 Å². The molecule has 0 aliphatic carbocycles. The number of carbonyl (C=O) groups is 3. The number of esters is 3. The van der Waals surface area contributed by atoms with Gasteiger partial charge in [0.25, 0.3) is 0 Å². The van der Waals surface area contributed by atoms with E-state index in [1.54, 1.807) is 0 Å². The molecule has 0 saturated heterocycles. The number of allylic oxidation sites excluding steroid dienone is 6. The summed E-state index contributed by atoms with van der Waals surface area (Å²) in [5.41, 5.74) is 0. The highest BCUT2D eigenvalue weighted by Gasteiger charge is 2.19. The van der Waals surface area contributed by atoms with Gasteiger partial charge in [0.15, 0.2) is 6.10 Å². The predicted octanol–water partition coefficient (Wildman–Crippen LogP) is 25.1. The average molecular weight is 1140 g/mol. The second kappa shape index (κ2) is 70.1. The molecule has 0 spiro atoms. The zero-order valence-electron chi connectivity index (χ0n) is 54.8. The molecule has 0 aliphatic heterocycles. The fourth-order valence-corrected chi connectivity index (χ4v) is 11.1. The van der Waals surface area contributed by atoms with Gasteiger partial charge in [-0.2, -0.15) is 0 Å². The summed E-state index contributed by atoms with van der Waals surface area (Å²) in [7, 11) is 0. The third kappa shape index (κ3) is 68.3. The first-order valence-electron chi connectivity index (χ1n) is 36.5. The molecule has 1 unspecified atom stereocenters. The van der Waals surface area contributed by atoms with Gasteiger partial charge in [-0.25, -0.2) is 0 Å². The first-order chi connectivity index (χ1) is 40.0. The van der Waals surface area contributed by atoms with Crippen molar-refractivity contribution in [1.82, 2.24) is 0 Å². The van der Waals surface area contributed by atoms with E-state index in [0.717, 1.165) is 64.2 Å². The lowest BCUT2D eigenvalue weighted by molar-refractivity contribution is -0.167. The van der Waals surface area contributed by atoms with E-state index in [0.29, 0.717) is 19.3 Å². The fourth-order valence-electron chi connectivity index (χ4n) is 11.1. The Hall–Kier alpha value is -2.37. The predicted molar refractivity (Wildman–Crippen MR) is 353 cm³/mol. The molecule has 0 aromatic heterocycles. The second-order valence-electron chi connectivity index (χ2n) is 24.9. The van der Waals surface area contributed by atoms with Crippen LogP contribution in [0.3, 0.4) is 0 Å². The molecule has 0 amide bonds. The Balaban J connectivity index is 4.10. The molecule has 0 aromatic carbocycles.